The Morgan fingerprint density at radius 2 is 1.92 bits per heavy atom. The van der Waals surface area contributed by atoms with Gasteiger partial charge in [0.2, 0.25) is 5.91 Å². The van der Waals surface area contributed by atoms with Gasteiger partial charge in [0.15, 0.2) is 9.84 Å². The van der Waals surface area contributed by atoms with Crippen LogP contribution in [0.1, 0.15) is 36.1 Å². The van der Waals surface area contributed by atoms with Crippen LogP contribution in [0.2, 0.25) is 0 Å². The average Bonchev–Trinajstić information content (AvgIpc) is 2.56. The number of amides is 1. The first-order chi connectivity index (χ1) is 11.4. The number of nitrogens with zero attached hydrogens (tertiary/aromatic N) is 1. The van der Waals surface area contributed by atoms with Crippen LogP contribution in [0, 0.1) is 6.92 Å². The second-order valence-corrected chi connectivity index (χ2v) is 7.82. The highest BCUT2D eigenvalue weighted by Gasteiger charge is 2.29. The molecule has 0 unspecified atom stereocenters. The van der Waals surface area contributed by atoms with Gasteiger partial charge in [0.25, 0.3) is 0 Å². The summed E-state index contributed by atoms with van der Waals surface area (Å²) in [7, 11) is -3.64. The smallest absolute Gasteiger partial charge is 0.220 e. The monoisotopic (exact) mass is 346 g/mol. The number of carbonyl (C=O) groups is 1. The van der Waals surface area contributed by atoms with E-state index >= 15 is 0 Å². The van der Waals surface area contributed by atoms with Gasteiger partial charge in [-0.2, -0.15) is 0 Å². The molecule has 0 aliphatic rings. The quantitative estimate of drug-likeness (QED) is 0.836. The molecular formula is C18H22N2O3S. The van der Waals surface area contributed by atoms with Crippen LogP contribution in [0.3, 0.4) is 0 Å². The number of aromatic nitrogens is 1. The molecule has 0 saturated carbocycles. The molecule has 0 bridgehead atoms. The molecule has 1 N–H and O–H groups in total. The first-order valence-corrected chi connectivity index (χ1v) is 9.47. The van der Waals surface area contributed by atoms with E-state index in [2.05, 4.69) is 10.3 Å². The molecule has 0 saturated heterocycles. The van der Waals surface area contributed by atoms with E-state index in [-0.39, 0.29) is 17.3 Å². The topological polar surface area (TPSA) is 76.1 Å². The molecule has 5 nitrogen and oxygen atoms in total. The molecule has 0 aliphatic heterocycles. The Morgan fingerprint density at radius 3 is 2.50 bits per heavy atom. The van der Waals surface area contributed by atoms with Gasteiger partial charge in [-0.1, -0.05) is 30.7 Å². The van der Waals surface area contributed by atoms with Gasteiger partial charge in [-0.25, -0.2) is 8.42 Å². The Balaban J connectivity index is 2.34. The fourth-order valence-corrected chi connectivity index (χ4v) is 4.03. The lowest BCUT2D eigenvalue weighted by molar-refractivity contribution is -0.121. The fourth-order valence-electron chi connectivity index (χ4n) is 2.39. The van der Waals surface area contributed by atoms with E-state index in [4.69, 9.17) is 0 Å². The maximum atomic E-state index is 13.0. The van der Waals surface area contributed by atoms with E-state index in [1.165, 1.54) is 6.20 Å². The Labute approximate surface area is 143 Å². The van der Waals surface area contributed by atoms with Gasteiger partial charge in [-0.3, -0.25) is 9.78 Å². The minimum Gasteiger partial charge on any atom is -0.354 e. The zero-order valence-corrected chi connectivity index (χ0v) is 14.7. The van der Waals surface area contributed by atoms with Crippen molar-refractivity contribution in [3.63, 3.8) is 0 Å². The standard InChI is InChI=1S/C18H22N2O3S/c1-3-5-18(21)20-13-17(15-6-4-11-19-12-15)24(22,23)16-9-7-14(2)8-10-16/h4,6-12,17H,3,5,13H2,1-2H3,(H,20,21)/t17-/m1/s1. The molecule has 128 valence electrons. The molecule has 1 amide bonds. The molecular weight excluding hydrogens is 324 g/mol. The van der Waals surface area contributed by atoms with Crippen molar-refractivity contribution >= 4 is 15.7 Å². The molecule has 1 aromatic heterocycles. The lowest BCUT2D eigenvalue weighted by Gasteiger charge is -2.19. The zero-order chi connectivity index (χ0) is 17.6. The van der Waals surface area contributed by atoms with E-state index in [0.717, 1.165) is 5.56 Å². The summed E-state index contributed by atoms with van der Waals surface area (Å²) < 4.78 is 26.1. The number of aryl methyl sites for hydroxylation is 1. The third kappa shape index (κ3) is 4.41. The van der Waals surface area contributed by atoms with Crippen molar-refractivity contribution in [2.75, 3.05) is 6.54 Å². The van der Waals surface area contributed by atoms with Gasteiger partial charge in [-0.15, -0.1) is 0 Å². The van der Waals surface area contributed by atoms with Crippen molar-refractivity contribution in [2.24, 2.45) is 0 Å². The summed E-state index contributed by atoms with van der Waals surface area (Å²) in [5.74, 6) is -0.148. The molecule has 6 heteroatoms. The number of sulfone groups is 1. The predicted octanol–water partition coefficient (Wildman–Crippen LogP) is 2.82. The van der Waals surface area contributed by atoms with E-state index in [1.54, 1.807) is 42.6 Å². The number of nitrogens with one attached hydrogen (secondary N) is 1. The second kappa shape index (κ2) is 8.06. The molecule has 0 radical (unpaired) electrons. The number of pyridine rings is 1. The van der Waals surface area contributed by atoms with Gasteiger partial charge >= 0.3 is 0 Å². The Hall–Kier alpha value is -2.21. The molecule has 0 fully saturated rings. The minimum atomic E-state index is -3.64. The summed E-state index contributed by atoms with van der Waals surface area (Å²) in [5, 5.41) is 1.86. The number of benzene rings is 1. The van der Waals surface area contributed by atoms with Crippen LogP contribution in [0.4, 0.5) is 0 Å². The van der Waals surface area contributed by atoms with Crippen LogP contribution in [-0.4, -0.2) is 25.9 Å². The number of hydrogen-bond donors (Lipinski definition) is 1. The second-order valence-electron chi connectivity index (χ2n) is 5.69. The Bertz CT molecular complexity index is 772. The van der Waals surface area contributed by atoms with Crippen molar-refractivity contribution in [1.29, 1.82) is 0 Å². The molecule has 1 aromatic carbocycles. The zero-order valence-electron chi connectivity index (χ0n) is 13.9. The van der Waals surface area contributed by atoms with Gasteiger partial charge < -0.3 is 5.32 Å². The molecule has 0 aliphatic carbocycles. The van der Waals surface area contributed by atoms with Crippen molar-refractivity contribution < 1.29 is 13.2 Å². The summed E-state index contributed by atoms with van der Waals surface area (Å²) in [5.41, 5.74) is 1.55. The maximum absolute atomic E-state index is 13.0. The Morgan fingerprint density at radius 1 is 1.21 bits per heavy atom. The highest BCUT2D eigenvalue weighted by Crippen LogP contribution is 2.28. The van der Waals surface area contributed by atoms with Crippen LogP contribution in [0.5, 0.6) is 0 Å². The van der Waals surface area contributed by atoms with Gasteiger partial charge in [0, 0.05) is 25.4 Å². The van der Waals surface area contributed by atoms with Gasteiger partial charge in [-0.05, 0) is 37.1 Å². The van der Waals surface area contributed by atoms with Crippen molar-refractivity contribution in [2.45, 2.75) is 36.8 Å². The average molecular weight is 346 g/mol. The number of rotatable bonds is 7. The molecule has 2 aromatic rings. The minimum absolute atomic E-state index is 0.0285. The largest absolute Gasteiger partial charge is 0.354 e. The first kappa shape index (κ1) is 18.1. The van der Waals surface area contributed by atoms with Crippen molar-refractivity contribution in [1.82, 2.24) is 10.3 Å². The van der Waals surface area contributed by atoms with Gasteiger partial charge in [0.1, 0.15) is 5.25 Å². The maximum Gasteiger partial charge on any atom is 0.220 e. The van der Waals surface area contributed by atoms with Crippen LogP contribution in [-0.2, 0) is 14.6 Å². The summed E-state index contributed by atoms with van der Waals surface area (Å²) in [6.07, 6.45) is 4.22. The van der Waals surface area contributed by atoms with E-state index in [0.29, 0.717) is 18.4 Å². The molecule has 24 heavy (non-hydrogen) atoms. The summed E-state index contributed by atoms with van der Waals surface area (Å²) in [6, 6.07) is 10.1. The lowest BCUT2D eigenvalue weighted by Crippen LogP contribution is -2.31. The van der Waals surface area contributed by atoms with Crippen LogP contribution in [0.25, 0.3) is 0 Å². The third-order valence-electron chi connectivity index (χ3n) is 3.74. The van der Waals surface area contributed by atoms with Crippen LogP contribution in [0.15, 0.2) is 53.7 Å². The first-order valence-electron chi connectivity index (χ1n) is 7.92. The fraction of sp³-hybridized carbons (Fsp3) is 0.333. The van der Waals surface area contributed by atoms with Crippen molar-refractivity contribution in [3.05, 3.63) is 59.9 Å². The molecule has 1 atom stereocenters. The van der Waals surface area contributed by atoms with E-state index < -0.39 is 15.1 Å². The highest BCUT2D eigenvalue weighted by molar-refractivity contribution is 7.91. The van der Waals surface area contributed by atoms with E-state index in [9.17, 15) is 13.2 Å². The molecule has 0 spiro atoms. The summed E-state index contributed by atoms with van der Waals surface area (Å²) in [4.78, 5) is 16.0. The normalized spacial score (nSPS) is 12.6. The Kier molecular flexibility index (Phi) is 6.09. The van der Waals surface area contributed by atoms with Gasteiger partial charge in [0.05, 0.1) is 4.90 Å². The number of hydrogen-bond acceptors (Lipinski definition) is 4. The van der Waals surface area contributed by atoms with Crippen LogP contribution < -0.4 is 5.32 Å². The summed E-state index contributed by atoms with van der Waals surface area (Å²) >= 11 is 0. The van der Waals surface area contributed by atoms with Crippen molar-refractivity contribution in [3.8, 4) is 0 Å². The number of carbonyl (C=O) groups excluding carboxylic acids is 1. The predicted molar refractivity (Wildman–Crippen MR) is 93.3 cm³/mol. The van der Waals surface area contributed by atoms with E-state index in [1.807, 2.05) is 13.8 Å². The lowest BCUT2D eigenvalue weighted by atomic mass is 10.2. The summed E-state index contributed by atoms with van der Waals surface area (Å²) in [6.45, 7) is 3.84. The highest BCUT2D eigenvalue weighted by atomic mass is 32.2. The molecule has 2 rings (SSSR count). The molecule has 1 heterocycles. The SMILES string of the molecule is CCCC(=O)NC[C@H](c1cccnc1)S(=O)(=O)c1ccc(C)cc1. The third-order valence-corrected chi connectivity index (χ3v) is 5.86. The van der Waals surface area contributed by atoms with Crippen LogP contribution >= 0.6 is 0 Å².